The van der Waals surface area contributed by atoms with E-state index in [4.69, 9.17) is 18.6 Å². The first-order valence-electron chi connectivity index (χ1n) is 10.7. The van der Waals surface area contributed by atoms with Crippen molar-refractivity contribution in [3.63, 3.8) is 0 Å². The number of para-hydroxylation sites is 1. The summed E-state index contributed by atoms with van der Waals surface area (Å²) < 4.78 is 24.2. The van der Waals surface area contributed by atoms with Crippen molar-refractivity contribution in [2.75, 3.05) is 26.6 Å². The average molecular weight is 462 g/mol. The topological polar surface area (TPSA) is 91.8 Å². The van der Waals surface area contributed by atoms with Crippen LogP contribution in [-0.2, 0) is 4.74 Å². The van der Waals surface area contributed by atoms with Crippen LogP contribution in [0, 0.1) is 6.92 Å². The quantitative estimate of drug-likeness (QED) is 0.219. The second kappa shape index (κ2) is 11.9. The third-order valence-electron chi connectivity index (χ3n) is 4.91. The van der Waals surface area contributed by atoms with Crippen LogP contribution in [0.1, 0.15) is 38.4 Å². The molecular formula is C23H31N3O5S. The fraction of sp³-hybridized carbons (Fsp3) is 0.478. The third kappa shape index (κ3) is 5.85. The molecule has 0 aliphatic heterocycles. The van der Waals surface area contributed by atoms with Gasteiger partial charge in [0.2, 0.25) is 5.82 Å². The molecule has 0 amide bonds. The molecule has 2 heterocycles. The summed E-state index contributed by atoms with van der Waals surface area (Å²) in [6.45, 7) is 4.30. The molecule has 0 aliphatic carbocycles. The molecule has 1 aromatic carbocycles. The highest BCUT2D eigenvalue weighted by Crippen LogP contribution is 2.38. The Kier molecular flexibility index (Phi) is 9.01. The van der Waals surface area contributed by atoms with Crippen molar-refractivity contribution < 1.29 is 23.7 Å². The molecule has 9 heteroatoms. The predicted molar refractivity (Wildman–Crippen MR) is 124 cm³/mol. The van der Waals surface area contributed by atoms with Crippen LogP contribution in [0.3, 0.4) is 0 Å². The molecule has 0 fully saturated rings. The number of rotatable bonds is 13. The van der Waals surface area contributed by atoms with Gasteiger partial charge in [0.15, 0.2) is 17.2 Å². The lowest BCUT2D eigenvalue weighted by atomic mass is 10.2. The van der Waals surface area contributed by atoms with Crippen LogP contribution in [0.2, 0.25) is 0 Å². The maximum absolute atomic E-state index is 9.68. The summed E-state index contributed by atoms with van der Waals surface area (Å²) in [7, 11) is 3.26. The van der Waals surface area contributed by atoms with Crippen LogP contribution in [0.5, 0.6) is 11.5 Å². The summed E-state index contributed by atoms with van der Waals surface area (Å²) in [5.74, 6) is 4.17. The number of aromatic nitrogens is 3. The van der Waals surface area contributed by atoms with E-state index in [9.17, 15) is 5.11 Å². The van der Waals surface area contributed by atoms with Crippen molar-refractivity contribution in [2.45, 2.75) is 51.0 Å². The Morgan fingerprint density at radius 1 is 1.06 bits per heavy atom. The standard InChI is InChI=1S/C23H31N3O5S/c1-5-30-20(27)12-7-6-8-15-32-23-25-24-22(19-14-13-16(2)31-19)26(23)21-17(28-3)10-9-11-18(21)29-4/h9-11,13-14,20,27H,5-8,12,15H2,1-4H3. The second-order valence-electron chi connectivity index (χ2n) is 7.17. The van der Waals surface area contributed by atoms with E-state index in [1.54, 1.807) is 26.0 Å². The number of hydrogen-bond acceptors (Lipinski definition) is 8. The summed E-state index contributed by atoms with van der Waals surface area (Å²) >= 11 is 1.61. The number of aliphatic hydroxyl groups excluding tert-OH is 1. The molecule has 8 nitrogen and oxygen atoms in total. The minimum absolute atomic E-state index is 0.524. The van der Waals surface area contributed by atoms with Crippen LogP contribution < -0.4 is 9.47 Å². The molecule has 1 unspecified atom stereocenters. The van der Waals surface area contributed by atoms with Crippen molar-refractivity contribution in [1.82, 2.24) is 14.8 Å². The van der Waals surface area contributed by atoms with E-state index in [2.05, 4.69) is 10.2 Å². The van der Waals surface area contributed by atoms with E-state index in [-0.39, 0.29) is 0 Å². The van der Waals surface area contributed by atoms with Gasteiger partial charge in [-0.2, -0.15) is 0 Å². The molecule has 32 heavy (non-hydrogen) atoms. The van der Waals surface area contributed by atoms with Crippen molar-refractivity contribution in [3.05, 3.63) is 36.1 Å². The zero-order valence-corrected chi connectivity index (χ0v) is 19.9. The molecular weight excluding hydrogens is 430 g/mol. The van der Waals surface area contributed by atoms with Gasteiger partial charge in [0.25, 0.3) is 0 Å². The maximum atomic E-state index is 9.68. The van der Waals surface area contributed by atoms with Crippen LogP contribution in [0.4, 0.5) is 0 Å². The lowest BCUT2D eigenvalue weighted by molar-refractivity contribution is -0.0993. The molecule has 1 N–H and O–H groups in total. The van der Waals surface area contributed by atoms with E-state index >= 15 is 0 Å². The Morgan fingerprint density at radius 2 is 1.81 bits per heavy atom. The van der Waals surface area contributed by atoms with Crippen molar-refractivity contribution >= 4 is 11.8 Å². The van der Waals surface area contributed by atoms with Gasteiger partial charge >= 0.3 is 0 Å². The zero-order chi connectivity index (χ0) is 22.9. The number of methoxy groups -OCH3 is 2. The SMILES string of the molecule is CCOC(O)CCCCCSc1nnc(-c2ccc(C)o2)n1-c1c(OC)cccc1OC. The van der Waals surface area contributed by atoms with Gasteiger partial charge in [-0.3, -0.25) is 4.57 Å². The van der Waals surface area contributed by atoms with Crippen molar-refractivity contribution in [3.8, 4) is 28.8 Å². The molecule has 0 saturated carbocycles. The lowest BCUT2D eigenvalue weighted by Gasteiger charge is -2.16. The summed E-state index contributed by atoms with van der Waals surface area (Å²) in [6.07, 6.45) is 2.86. The smallest absolute Gasteiger partial charge is 0.205 e. The van der Waals surface area contributed by atoms with Gasteiger partial charge in [0.1, 0.15) is 22.9 Å². The molecule has 1 atom stereocenters. The first-order valence-corrected chi connectivity index (χ1v) is 11.7. The van der Waals surface area contributed by atoms with Gasteiger partial charge in [-0.25, -0.2) is 0 Å². The van der Waals surface area contributed by atoms with E-state index < -0.39 is 6.29 Å². The first kappa shape index (κ1) is 24.2. The van der Waals surface area contributed by atoms with Crippen LogP contribution >= 0.6 is 11.8 Å². The summed E-state index contributed by atoms with van der Waals surface area (Å²) in [5.41, 5.74) is 0.730. The number of aliphatic hydroxyl groups is 1. The highest BCUT2D eigenvalue weighted by atomic mass is 32.2. The zero-order valence-electron chi connectivity index (χ0n) is 19.0. The molecule has 3 aromatic rings. The Bertz CT molecular complexity index is 966. The number of aryl methyl sites for hydroxylation is 1. The van der Waals surface area contributed by atoms with Gasteiger partial charge in [-0.1, -0.05) is 24.2 Å². The number of hydrogen-bond donors (Lipinski definition) is 1. The lowest BCUT2D eigenvalue weighted by Crippen LogP contribution is -2.11. The number of thioether (sulfide) groups is 1. The average Bonchev–Trinajstić information content (AvgIpc) is 3.41. The van der Waals surface area contributed by atoms with E-state index in [1.165, 1.54) is 0 Å². The number of benzene rings is 1. The molecule has 0 radical (unpaired) electrons. The Hall–Kier alpha value is -2.49. The van der Waals surface area contributed by atoms with E-state index in [0.717, 1.165) is 41.6 Å². The summed E-state index contributed by atoms with van der Waals surface area (Å²) in [4.78, 5) is 0. The van der Waals surface area contributed by atoms with Gasteiger partial charge in [-0.05, 0) is 57.4 Å². The van der Waals surface area contributed by atoms with Gasteiger partial charge in [-0.15, -0.1) is 10.2 Å². The normalized spacial score (nSPS) is 12.2. The van der Waals surface area contributed by atoms with Crippen LogP contribution in [-0.4, -0.2) is 52.7 Å². The van der Waals surface area contributed by atoms with Crippen molar-refractivity contribution in [2.24, 2.45) is 0 Å². The van der Waals surface area contributed by atoms with Gasteiger partial charge < -0.3 is 23.7 Å². The predicted octanol–water partition coefficient (Wildman–Crippen LogP) is 4.86. The van der Waals surface area contributed by atoms with Gasteiger partial charge in [0, 0.05) is 12.4 Å². The fourth-order valence-corrected chi connectivity index (χ4v) is 4.30. The maximum Gasteiger partial charge on any atom is 0.205 e. The molecule has 0 bridgehead atoms. The first-order chi connectivity index (χ1) is 15.6. The van der Waals surface area contributed by atoms with Gasteiger partial charge in [0.05, 0.1) is 14.2 Å². The fourth-order valence-electron chi connectivity index (χ4n) is 3.37. The van der Waals surface area contributed by atoms with E-state index in [1.807, 2.05) is 48.7 Å². The molecule has 2 aromatic heterocycles. The summed E-state index contributed by atoms with van der Waals surface area (Å²) in [5, 5.41) is 19.3. The highest BCUT2D eigenvalue weighted by Gasteiger charge is 2.24. The number of unbranched alkanes of at least 4 members (excludes halogenated alkanes) is 2. The molecule has 0 saturated heterocycles. The third-order valence-corrected chi connectivity index (χ3v) is 5.92. The Balaban J connectivity index is 1.82. The molecule has 3 rings (SSSR count). The van der Waals surface area contributed by atoms with E-state index in [0.29, 0.717) is 36.1 Å². The molecule has 0 aliphatic rings. The Morgan fingerprint density at radius 3 is 2.44 bits per heavy atom. The molecule has 174 valence electrons. The molecule has 0 spiro atoms. The largest absolute Gasteiger partial charge is 0.494 e. The minimum atomic E-state index is -0.673. The summed E-state index contributed by atoms with van der Waals surface area (Å²) in [6, 6.07) is 9.43. The number of ether oxygens (including phenoxy) is 3. The Labute approximate surface area is 192 Å². The monoisotopic (exact) mass is 461 g/mol. The number of furan rings is 1. The highest BCUT2D eigenvalue weighted by molar-refractivity contribution is 7.99. The minimum Gasteiger partial charge on any atom is -0.494 e. The van der Waals surface area contributed by atoms with Crippen LogP contribution in [0.15, 0.2) is 39.9 Å². The second-order valence-corrected chi connectivity index (χ2v) is 8.23. The van der Waals surface area contributed by atoms with Crippen molar-refractivity contribution in [1.29, 1.82) is 0 Å². The van der Waals surface area contributed by atoms with Crippen LogP contribution in [0.25, 0.3) is 17.3 Å². The number of nitrogens with zero attached hydrogens (tertiary/aromatic N) is 3.